The van der Waals surface area contributed by atoms with Gasteiger partial charge in [0.15, 0.2) is 11.9 Å². The van der Waals surface area contributed by atoms with Gasteiger partial charge in [0.05, 0.1) is 25.3 Å². The highest BCUT2D eigenvalue weighted by Crippen LogP contribution is 2.25. The summed E-state index contributed by atoms with van der Waals surface area (Å²) in [4.78, 5) is 254. The fraction of sp³-hybridized carbons (Fsp3) is 0.424. The average molecular weight is 2030 g/mol. The number of likely N-dealkylation sites (N-methyl/N-ethyl adjacent to an activating group) is 1. The number of aliphatic hydroxyl groups is 1. The zero-order valence-electron chi connectivity index (χ0n) is 81.2. The maximum Gasteiger partial charge on any atom is 0.305 e. The van der Waals surface area contributed by atoms with Crippen LogP contribution in [0.4, 0.5) is 0 Å². The van der Waals surface area contributed by atoms with Gasteiger partial charge in [-0.15, -0.1) is 11.8 Å². The largest absolute Gasteiger partial charge is 0.508 e. The van der Waals surface area contributed by atoms with E-state index in [2.05, 4.69) is 90.1 Å². The molecule has 0 unspecified atom stereocenters. The molecular formula is C99H130ClN23O20S. The third-order valence-electron chi connectivity index (χ3n) is 23.5. The van der Waals surface area contributed by atoms with Crippen LogP contribution >= 0.6 is 23.4 Å². The molecular weight excluding hydrogens is 1900 g/mol. The quantitative estimate of drug-likeness (QED) is 0.0160. The SMILES string of the molecule is CC(C)C[C@@H]1NC(=O)[C@H](CCCNC(=N)N)NC(=O)[C@H](Cc2cccc(Cl)c2)NC(=O)[C@H](C)N(C)C(=O)[C@H](CCCNC(=N)N)NC(=O)[C@H](Cc2ccc(-c3ccccc3)cc2)NC(=O)[C@H](C(C)C)NC(=O)[C@H](Cc2c[nH]c3ccccc23)NC(=O)[C@H](CC(=O)O)NC(=O)[C@H](Cc2ccc(O)cc2)NC(=O)[C@H](Cc2ccccc2)NC(=O)CSC[C@@H](C(=O)NCC(N)=O)NC(=O)[C@H](CO)NC(=O)[C@H](C(C)C)NC1=O. The Hall–Kier alpha value is -15.2. The minimum Gasteiger partial charge on any atom is -0.508 e. The molecule has 0 spiro atoms. The van der Waals surface area contributed by atoms with Gasteiger partial charge in [-0.05, 0) is 126 Å². The first-order chi connectivity index (χ1) is 68.4. The number of aromatic hydroxyl groups is 1. The molecule has 7 aromatic rings. The molecule has 774 valence electrons. The second-order valence-corrected chi connectivity index (χ2v) is 37.6. The van der Waals surface area contributed by atoms with Crippen LogP contribution in [0.3, 0.4) is 0 Å². The zero-order chi connectivity index (χ0) is 106. The Kier molecular flexibility index (Phi) is 44.7. The fourth-order valence-corrected chi connectivity index (χ4v) is 16.7. The van der Waals surface area contributed by atoms with Gasteiger partial charge in [-0.3, -0.25) is 92.3 Å². The average Bonchev–Trinajstić information content (AvgIpc) is 1.67. The molecule has 2 heterocycles. The number of aliphatic hydroxyl groups excluding tert-OH is 1. The van der Waals surface area contributed by atoms with E-state index in [1.165, 1.54) is 58.2 Å². The number of aromatic amines is 1. The number of nitrogens with one attached hydrogen (secondary N) is 19. The number of halogens is 1. The van der Waals surface area contributed by atoms with Crippen molar-refractivity contribution in [2.45, 2.75) is 204 Å². The number of primary amides is 1. The summed E-state index contributed by atoms with van der Waals surface area (Å²) in [5.74, 6) is -22.5. The number of H-pyrrole nitrogens is 1. The number of amides is 16. The molecule has 0 bridgehead atoms. The lowest BCUT2D eigenvalue weighted by molar-refractivity contribution is -0.142. The summed E-state index contributed by atoms with van der Waals surface area (Å²) >= 11 is 7.20. The third kappa shape index (κ3) is 36.7. The number of hydrogen-bond donors (Lipinski definition) is 25. The summed E-state index contributed by atoms with van der Waals surface area (Å²) in [5, 5.41) is 90.0. The van der Waals surface area contributed by atoms with Gasteiger partial charge in [-0.25, -0.2) is 0 Å². The van der Waals surface area contributed by atoms with Gasteiger partial charge >= 0.3 is 5.97 Å². The van der Waals surface area contributed by atoms with E-state index < -0.39 is 246 Å². The monoisotopic (exact) mass is 2030 g/mol. The van der Waals surface area contributed by atoms with Crippen molar-refractivity contribution in [3.05, 3.63) is 197 Å². The van der Waals surface area contributed by atoms with E-state index in [9.17, 15) is 48.9 Å². The first kappa shape index (κ1) is 114. The van der Waals surface area contributed by atoms with Gasteiger partial charge in [0.1, 0.15) is 90.3 Å². The van der Waals surface area contributed by atoms with Crippen LogP contribution in [0.5, 0.6) is 5.75 Å². The number of guanidine groups is 2. The normalized spacial score (nSPS) is 22.3. The number of phenolic OH excluding ortho intramolecular Hbond substituents is 1. The number of hydrogen-bond acceptors (Lipinski definition) is 22. The van der Waals surface area contributed by atoms with Crippen molar-refractivity contribution in [1.29, 1.82) is 10.8 Å². The number of nitrogens with zero attached hydrogens (tertiary/aromatic N) is 1. The van der Waals surface area contributed by atoms with E-state index in [0.29, 0.717) is 44.9 Å². The number of thioether (sulfide) groups is 1. The molecule has 0 aliphatic carbocycles. The van der Waals surface area contributed by atoms with Crippen molar-refractivity contribution < 1.29 is 96.8 Å². The minimum atomic E-state index is -2.09. The molecule has 43 nitrogen and oxygen atoms in total. The third-order valence-corrected chi connectivity index (χ3v) is 24.8. The lowest BCUT2D eigenvalue weighted by atomic mass is 9.98. The number of aromatic nitrogens is 1. The lowest BCUT2D eigenvalue weighted by Gasteiger charge is -2.32. The second kappa shape index (κ2) is 56.4. The Balaban J connectivity index is 1.23. The van der Waals surface area contributed by atoms with Gasteiger partial charge < -0.3 is 127 Å². The van der Waals surface area contributed by atoms with Crippen LogP contribution in [0, 0.1) is 28.6 Å². The summed E-state index contributed by atoms with van der Waals surface area (Å²) in [7, 11) is 1.25. The molecule has 144 heavy (non-hydrogen) atoms. The second-order valence-electron chi connectivity index (χ2n) is 36.1. The maximum absolute atomic E-state index is 15.6. The number of fused-ring (bicyclic) bond motifs is 1. The minimum absolute atomic E-state index is 0.0164. The Morgan fingerprint density at radius 1 is 0.465 bits per heavy atom. The molecule has 28 N–H and O–H groups in total. The number of nitrogens with two attached hydrogens (primary N) is 3. The first-order valence-corrected chi connectivity index (χ1v) is 48.6. The van der Waals surface area contributed by atoms with Crippen LogP contribution in [0.25, 0.3) is 22.0 Å². The summed E-state index contributed by atoms with van der Waals surface area (Å²) in [6, 6.07) is 19.5. The Labute approximate surface area is 841 Å². The molecule has 8 rings (SSSR count). The number of rotatable bonds is 29. The van der Waals surface area contributed by atoms with E-state index in [4.69, 9.17) is 39.6 Å². The van der Waals surface area contributed by atoms with E-state index in [0.717, 1.165) is 16.0 Å². The fourth-order valence-electron chi connectivity index (χ4n) is 15.6. The Morgan fingerprint density at radius 2 is 0.889 bits per heavy atom. The smallest absolute Gasteiger partial charge is 0.305 e. The predicted molar refractivity (Wildman–Crippen MR) is 538 cm³/mol. The van der Waals surface area contributed by atoms with Crippen LogP contribution < -0.4 is 102 Å². The van der Waals surface area contributed by atoms with Gasteiger partial charge in [0.25, 0.3) is 0 Å². The van der Waals surface area contributed by atoms with Crippen LogP contribution in [-0.2, 0) is 114 Å². The van der Waals surface area contributed by atoms with Crippen molar-refractivity contribution in [3.8, 4) is 16.9 Å². The number of aliphatic carboxylic acids is 1. The van der Waals surface area contributed by atoms with Gasteiger partial charge in [0, 0.05) is 80.1 Å². The van der Waals surface area contributed by atoms with E-state index >= 15 is 47.9 Å². The van der Waals surface area contributed by atoms with Gasteiger partial charge in [-0.2, -0.15) is 0 Å². The standard InChI is InChI=1S/C99H130ClN23O20S/c1-53(2)40-70-92(138)121-83(55(5)6)96(142)119-77(50-124)94(140)120-78(85(131)109-49-79(101)126)51-144-52-80(127)110-71(42-57-20-11-9-12-21-57)87(133)115-72(44-59-32-36-65(125)37-33-59)90(136)117-76(47-81(128)129)91(137)116-75(46-63-48-108-67-27-16-15-26-66(63)67)93(139)122-82(54(3)4)95(141)118-73(43-58-30-34-62(35-31-58)61-23-13-10-14-24-61)89(135)112-69(29-19-39-107-99(104)105)97(143)123(8)56(7)84(130)113-74(45-60-22-17-25-64(100)41-60)88(134)111-68(86(132)114-70)28-18-38-106-98(102)103/h9-17,20-27,30-37,41,48,53-56,68-78,82-83,108,124-125H,18-19,28-29,38-40,42-47,49-52H2,1-8H3,(H2,101,126)(H,109,131)(H,110,127)(H,111,134)(H,112,135)(H,113,130)(H,114,132)(H,115,133)(H,116,137)(H,117,136)(H,118,141)(H,119,142)(H,120,140)(H,121,138)(H,122,139)(H,128,129)(H4,102,103,106)(H4,104,105,107)/t56-,68-,69-,70-,71-,72-,73-,74-,75-,76-,77-,78-,82-,83-/m0/s1. The molecule has 0 radical (unpaired) electrons. The molecule has 1 aliphatic rings. The maximum atomic E-state index is 15.6. The highest BCUT2D eigenvalue weighted by molar-refractivity contribution is 8.00. The van der Waals surface area contributed by atoms with E-state index in [1.54, 1.807) is 131 Å². The molecule has 45 heteroatoms. The number of carboxylic acid groups (broad SMARTS) is 1. The Bertz CT molecular complexity index is 5670. The summed E-state index contributed by atoms with van der Waals surface area (Å²) in [6.07, 6.45) is -1.86. The Morgan fingerprint density at radius 3 is 1.42 bits per heavy atom. The lowest BCUT2D eigenvalue weighted by Crippen LogP contribution is -2.62. The van der Waals surface area contributed by atoms with Crippen LogP contribution in [-0.4, -0.2) is 267 Å². The number of carbonyl (C=O) groups excluding carboxylic acids is 16. The molecule has 14 atom stereocenters. The zero-order valence-corrected chi connectivity index (χ0v) is 82.7. The van der Waals surface area contributed by atoms with Crippen LogP contribution in [0.15, 0.2) is 164 Å². The van der Waals surface area contributed by atoms with E-state index in [1.807, 2.05) is 30.3 Å². The van der Waals surface area contributed by atoms with Crippen molar-refractivity contribution in [2.75, 3.05) is 44.8 Å². The van der Waals surface area contributed by atoms with Gasteiger partial charge in [0.2, 0.25) is 94.5 Å². The van der Waals surface area contributed by atoms with Crippen LogP contribution in [0.1, 0.15) is 115 Å². The van der Waals surface area contributed by atoms with Crippen LogP contribution in [0.2, 0.25) is 5.02 Å². The van der Waals surface area contributed by atoms with Crippen molar-refractivity contribution in [2.24, 2.45) is 35.0 Å². The number of phenols is 1. The number of carbonyl (C=O) groups is 17. The van der Waals surface area contributed by atoms with E-state index in [-0.39, 0.29) is 93.1 Å². The topological polar surface area (TPSA) is 688 Å². The molecule has 1 saturated heterocycles. The number of carboxylic acids is 1. The molecule has 1 fully saturated rings. The molecule has 1 aromatic heterocycles. The summed E-state index contributed by atoms with van der Waals surface area (Å²) in [5.41, 5.74) is 20.9. The number of para-hydroxylation sites is 1. The molecule has 0 saturated carbocycles. The predicted octanol–water partition coefficient (Wildman–Crippen LogP) is -0.444. The summed E-state index contributed by atoms with van der Waals surface area (Å²) in [6.45, 7) is 8.96. The van der Waals surface area contributed by atoms with Crippen molar-refractivity contribution >= 4 is 147 Å². The van der Waals surface area contributed by atoms with Crippen molar-refractivity contribution in [1.82, 2.24) is 95.0 Å². The van der Waals surface area contributed by atoms with Gasteiger partial charge in [-0.1, -0.05) is 181 Å². The molecule has 16 amide bonds. The first-order valence-electron chi connectivity index (χ1n) is 47.0. The van der Waals surface area contributed by atoms with Crippen molar-refractivity contribution in [3.63, 3.8) is 0 Å². The number of benzene rings is 6. The molecule has 6 aromatic carbocycles. The molecule has 1 aliphatic heterocycles. The highest BCUT2D eigenvalue weighted by atomic mass is 35.5. The summed E-state index contributed by atoms with van der Waals surface area (Å²) < 4.78 is 0. The highest BCUT2D eigenvalue weighted by Gasteiger charge is 2.41.